The number of hydrogen-bond donors (Lipinski definition) is 0. The molecule has 2 aromatic carbocycles. The number of fused-ring (bicyclic) bond motifs is 1. The molecule has 0 aliphatic carbocycles. The Morgan fingerprint density at radius 1 is 0.958 bits per heavy atom. The van der Waals surface area contributed by atoms with Crippen molar-refractivity contribution in [1.29, 1.82) is 0 Å². The molecule has 120 valence electrons. The maximum absolute atomic E-state index is 6.15. The van der Waals surface area contributed by atoms with E-state index in [1.54, 1.807) is 11.3 Å². The molecular weight excluding hydrogens is 359 g/mol. The Balaban J connectivity index is 1.88. The third-order valence-corrected chi connectivity index (χ3v) is 5.41. The van der Waals surface area contributed by atoms with Gasteiger partial charge in [0.2, 0.25) is 0 Å². The molecular formula is C19H14Cl2N2S. The van der Waals surface area contributed by atoms with E-state index in [0.29, 0.717) is 5.02 Å². The van der Waals surface area contributed by atoms with E-state index in [4.69, 9.17) is 28.2 Å². The first-order chi connectivity index (χ1) is 11.6. The molecule has 2 heterocycles. The monoisotopic (exact) mass is 372 g/mol. The van der Waals surface area contributed by atoms with Crippen LogP contribution >= 0.6 is 34.5 Å². The first-order valence-corrected chi connectivity index (χ1v) is 9.14. The molecule has 24 heavy (non-hydrogen) atoms. The minimum atomic E-state index is 0.701. The normalized spacial score (nSPS) is 11.3. The van der Waals surface area contributed by atoms with E-state index in [1.165, 1.54) is 10.4 Å². The van der Waals surface area contributed by atoms with E-state index < -0.39 is 0 Å². The number of nitrogens with zero attached hydrogens (tertiary/aromatic N) is 2. The highest BCUT2D eigenvalue weighted by Gasteiger charge is 2.15. The van der Waals surface area contributed by atoms with Crippen molar-refractivity contribution in [3.63, 3.8) is 0 Å². The molecule has 0 spiro atoms. The number of rotatable bonds is 3. The van der Waals surface area contributed by atoms with Crippen LogP contribution in [0.25, 0.3) is 21.7 Å². The molecule has 2 nitrogen and oxygen atoms in total. The summed E-state index contributed by atoms with van der Waals surface area (Å²) in [6.45, 7) is 2.85. The molecule has 5 heteroatoms. The van der Waals surface area contributed by atoms with E-state index in [0.717, 1.165) is 33.3 Å². The summed E-state index contributed by atoms with van der Waals surface area (Å²) in [4.78, 5) is 7.27. The van der Waals surface area contributed by atoms with Crippen molar-refractivity contribution >= 4 is 45.6 Å². The summed E-state index contributed by atoms with van der Waals surface area (Å²) in [5.41, 5.74) is 3.18. The molecule has 2 aromatic heterocycles. The van der Waals surface area contributed by atoms with Crippen LogP contribution < -0.4 is 0 Å². The van der Waals surface area contributed by atoms with E-state index in [2.05, 4.69) is 23.6 Å². The summed E-state index contributed by atoms with van der Waals surface area (Å²) >= 11 is 13.9. The zero-order chi connectivity index (χ0) is 16.7. The Labute approximate surface area is 154 Å². The lowest BCUT2D eigenvalue weighted by Gasteiger charge is -2.09. The average molecular weight is 373 g/mol. The standard InChI is InChI=1S/C19H14Cl2N2S/c1-12-2-9-18(24-12)19-22-16-10-15(21)7-8-17(16)23(19)11-13-3-5-14(20)6-4-13/h2-10H,11H2,1H3. The molecule has 0 amide bonds. The van der Waals surface area contributed by atoms with Gasteiger partial charge >= 0.3 is 0 Å². The number of halogens is 2. The molecule has 0 aliphatic heterocycles. The summed E-state index contributed by atoms with van der Waals surface area (Å²) in [6.07, 6.45) is 0. The summed E-state index contributed by atoms with van der Waals surface area (Å²) in [7, 11) is 0. The van der Waals surface area contributed by atoms with Crippen molar-refractivity contribution in [3.05, 3.63) is 75.1 Å². The number of benzene rings is 2. The Hall–Kier alpha value is -1.81. The topological polar surface area (TPSA) is 17.8 Å². The molecule has 0 N–H and O–H groups in total. The molecule has 0 saturated carbocycles. The predicted molar refractivity (Wildman–Crippen MR) is 103 cm³/mol. The maximum Gasteiger partial charge on any atom is 0.151 e. The Morgan fingerprint density at radius 2 is 1.71 bits per heavy atom. The van der Waals surface area contributed by atoms with Crippen LogP contribution in [0.15, 0.2) is 54.6 Å². The van der Waals surface area contributed by atoms with Crippen LogP contribution in [0.5, 0.6) is 0 Å². The molecule has 0 unspecified atom stereocenters. The molecule has 4 rings (SSSR count). The molecule has 0 bridgehead atoms. The fraction of sp³-hybridized carbons (Fsp3) is 0.105. The first-order valence-electron chi connectivity index (χ1n) is 7.57. The summed E-state index contributed by atoms with van der Waals surface area (Å²) in [6, 6.07) is 18.0. The van der Waals surface area contributed by atoms with Crippen molar-refractivity contribution in [2.45, 2.75) is 13.5 Å². The predicted octanol–water partition coefficient (Wildman–Crippen LogP) is 6.43. The third-order valence-electron chi connectivity index (χ3n) is 3.92. The zero-order valence-electron chi connectivity index (χ0n) is 13.0. The van der Waals surface area contributed by atoms with Crippen molar-refractivity contribution in [2.75, 3.05) is 0 Å². The van der Waals surface area contributed by atoms with Crippen LogP contribution in [-0.4, -0.2) is 9.55 Å². The molecule has 0 saturated heterocycles. The van der Waals surface area contributed by atoms with Gasteiger partial charge in [-0.1, -0.05) is 35.3 Å². The van der Waals surface area contributed by atoms with Crippen molar-refractivity contribution in [1.82, 2.24) is 9.55 Å². The van der Waals surface area contributed by atoms with Gasteiger partial charge in [0, 0.05) is 21.5 Å². The van der Waals surface area contributed by atoms with Gasteiger partial charge in [0.25, 0.3) is 0 Å². The van der Waals surface area contributed by atoms with Gasteiger partial charge in [-0.15, -0.1) is 11.3 Å². The van der Waals surface area contributed by atoms with Crippen LogP contribution in [0.4, 0.5) is 0 Å². The van der Waals surface area contributed by atoms with Gasteiger partial charge in [0.15, 0.2) is 5.82 Å². The Bertz CT molecular complexity index is 1020. The van der Waals surface area contributed by atoms with Gasteiger partial charge in [-0.25, -0.2) is 4.98 Å². The second-order valence-corrected chi connectivity index (χ2v) is 7.85. The molecule has 0 fully saturated rings. The first kappa shape index (κ1) is 15.7. The van der Waals surface area contributed by atoms with Crippen LogP contribution in [0.3, 0.4) is 0 Å². The number of imidazole rings is 1. The third kappa shape index (κ3) is 2.95. The summed E-state index contributed by atoms with van der Waals surface area (Å²) in [5, 5.41) is 1.45. The van der Waals surface area contributed by atoms with E-state index in [1.807, 2.05) is 42.5 Å². The molecule has 4 aromatic rings. The number of aromatic nitrogens is 2. The van der Waals surface area contributed by atoms with Crippen LogP contribution in [0.2, 0.25) is 10.0 Å². The van der Waals surface area contributed by atoms with Crippen molar-refractivity contribution in [2.24, 2.45) is 0 Å². The largest absolute Gasteiger partial charge is 0.319 e. The summed E-state index contributed by atoms with van der Waals surface area (Å²) < 4.78 is 2.24. The van der Waals surface area contributed by atoms with Crippen LogP contribution in [-0.2, 0) is 6.54 Å². The average Bonchev–Trinajstić information content (AvgIpc) is 3.13. The van der Waals surface area contributed by atoms with Crippen LogP contribution in [0.1, 0.15) is 10.4 Å². The lowest BCUT2D eigenvalue weighted by Crippen LogP contribution is -2.01. The van der Waals surface area contributed by atoms with E-state index in [9.17, 15) is 0 Å². The van der Waals surface area contributed by atoms with Gasteiger partial charge in [0.05, 0.1) is 15.9 Å². The maximum atomic E-state index is 6.15. The molecule has 0 radical (unpaired) electrons. The fourth-order valence-corrected chi connectivity index (χ4v) is 3.94. The van der Waals surface area contributed by atoms with Crippen molar-refractivity contribution < 1.29 is 0 Å². The fourth-order valence-electron chi connectivity index (χ4n) is 2.78. The second-order valence-electron chi connectivity index (χ2n) is 5.69. The Morgan fingerprint density at radius 3 is 2.42 bits per heavy atom. The zero-order valence-corrected chi connectivity index (χ0v) is 15.3. The lowest BCUT2D eigenvalue weighted by molar-refractivity contribution is 0.836. The summed E-state index contributed by atoms with van der Waals surface area (Å²) in [5.74, 6) is 0.973. The minimum absolute atomic E-state index is 0.701. The highest BCUT2D eigenvalue weighted by atomic mass is 35.5. The number of thiophene rings is 1. The second kappa shape index (κ2) is 6.25. The quantitative estimate of drug-likeness (QED) is 0.405. The highest BCUT2D eigenvalue weighted by molar-refractivity contribution is 7.15. The van der Waals surface area contributed by atoms with Crippen molar-refractivity contribution in [3.8, 4) is 10.7 Å². The number of hydrogen-bond acceptors (Lipinski definition) is 2. The highest BCUT2D eigenvalue weighted by Crippen LogP contribution is 2.32. The van der Waals surface area contributed by atoms with Gasteiger partial charge in [-0.2, -0.15) is 0 Å². The van der Waals surface area contributed by atoms with E-state index in [-0.39, 0.29) is 0 Å². The van der Waals surface area contributed by atoms with Gasteiger partial charge in [-0.05, 0) is 55.0 Å². The number of aryl methyl sites for hydroxylation is 1. The van der Waals surface area contributed by atoms with Crippen LogP contribution in [0, 0.1) is 6.92 Å². The SMILES string of the molecule is Cc1ccc(-c2nc3cc(Cl)ccc3n2Cc2ccc(Cl)cc2)s1. The molecule has 0 atom stereocenters. The van der Waals surface area contributed by atoms with Gasteiger partial charge in [0.1, 0.15) is 0 Å². The molecule has 0 aliphatic rings. The smallest absolute Gasteiger partial charge is 0.151 e. The van der Waals surface area contributed by atoms with Gasteiger partial charge < -0.3 is 4.57 Å². The van der Waals surface area contributed by atoms with Gasteiger partial charge in [-0.3, -0.25) is 0 Å². The lowest BCUT2D eigenvalue weighted by atomic mass is 10.2. The minimum Gasteiger partial charge on any atom is -0.319 e. The van der Waals surface area contributed by atoms with E-state index >= 15 is 0 Å². The Kier molecular flexibility index (Phi) is 4.09.